The Morgan fingerprint density at radius 2 is 1.93 bits per heavy atom. The Bertz CT molecular complexity index is 863. The first-order valence-corrected chi connectivity index (χ1v) is 9.27. The zero-order valence-electron chi connectivity index (χ0n) is 15.8. The Labute approximate surface area is 159 Å². The third-order valence-electron chi connectivity index (χ3n) is 4.49. The van der Waals surface area contributed by atoms with Crippen molar-refractivity contribution in [3.8, 4) is 0 Å². The molecule has 0 bridgehead atoms. The predicted molar refractivity (Wildman–Crippen MR) is 107 cm³/mol. The molecule has 7 heteroatoms. The van der Waals surface area contributed by atoms with Gasteiger partial charge in [-0.2, -0.15) is 9.61 Å². The molecule has 0 aliphatic carbocycles. The highest BCUT2D eigenvalue weighted by Gasteiger charge is 2.15. The average molecular weight is 369 g/mol. The SMILES string of the molecule is CC(C)c1cnn2c(NCc3ccccc3)cc(N[C@H](CO)CCO)nc12. The van der Waals surface area contributed by atoms with Gasteiger partial charge in [0.2, 0.25) is 0 Å². The van der Waals surface area contributed by atoms with Crippen LogP contribution < -0.4 is 10.6 Å². The van der Waals surface area contributed by atoms with Gasteiger partial charge in [-0.25, -0.2) is 4.98 Å². The van der Waals surface area contributed by atoms with Gasteiger partial charge in [-0.05, 0) is 17.9 Å². The molecule has 0 unspecified atom stereocenters. The molecule has 2 aromatic heterocycles. The largest absolute Gasteiger partial charge is 0.396 e. The molecule has 3 rings (SSSR count). The van der Waals surface area contributed by atoms with E-state index >= 15 is 0 Å². The summed E-state index contributed by atoms with van der Waals surface area (Å²) in [5.74, 6) is 1.75. The van der Waals surface area contributed by atoms with Crippen molar-refractivity contribution in [3.63, 3.8) is 0 Å². The fourth-order valence-corrected chi connectivity index (χ4v) is 2.95. The first-order chi connectivity index (χ1) is 13.1. The lowest BCUT2D eigenvalue weighted by atomic mass is 10.1. The number of aliphatic hydroxyl groups is 2. The molecule has 0 radical (unpaired) electrons. The molecule has 2 heterocycles. The number of anilines is 2. The van der Waals surface area contributed by atoms with E-state index in [1.165, 1.54) is 5.56 Å². The van der Waals surface area contributed by atoms with Crippen LogP contribution in [0.3, 0.4) is 0 Å². The highest BCUT2D eigenvalue weighted by Crippen LogP contribution is 2.24. The molecular formula is C20H27N5O2. The summed E-state index contributed by atoms with van der Waals surface area (Å²) in [4.78, 5) is 4.70. The van der Waals surface area contributed by atoms with Gasteiger partial charge in [0.05, 0.1) is 18.8 Å². The van der Waals surface area contributed by atoms with Gasteiger partial charge in [0.1, 0.15) is 11.6 Å². The van der Waals surface area contributed by atoms with Gasteiger partial charge in [0.25, 0.3) is 0 Å². The van der Waals surface area contributed by atoms with E-state index in [2.05, 4.69) is 41.7 Å². The van der Waals surface area contributed by atoms with Crippen LogP contribution in [0.5, 0.6) is 0 Å². The van der Waals surface area contributed by atoms with Gasteiger partial charge >= 0.3 is 0 Å². The van der Waals surface area contributed by atoms with E-state index in [4.69, 9.17) is 10.1 Å². The van der Waals surface area contributed by atoms with Crippen LogP contribution in [-0.4, -0.2) is 44.1 Å². The van der Waals surface area contributed by atoms with Crippen LogP contribution in [0.1, 0.15) is 37.3 Å². The molecule has 0 amide bonds. The van der Waals surface area contributed by atoms with Gasteiger partial charge in [-0.15, -0.1) is 0 Å². The molecule has 4 N–H and O–H groups in total. The van der Waals surface area contributed by atoms with Gasteiger partial charge in [0.15, 0.2) is 5.65 Å². The van der Waals surface area contributed by atoms with Crippen LogP contribution in [0, 0.1) is 0 Å². The average Bonchev–Trinajstić information content (AvgIpc) is 3.11. The number of benzene rings is 1. The van der Waals surface area contributed by atoms with Crippen LogP contribution in [-0.2, 0) is 6.54 Å². The van der Waals surface area contributed by atoms with Crippen molar-refractivity contribution in [3.05, 3.63) is 53.7 Å². The van der Waals surface area contributed by atoms with Crippen LogP contribution in [0.15, 0.2) is 42.6 Å². The number of aromatic nitrogens is 3. The Balaban J connectivity index is 1.94. The number of hydrogen-bond donors (Lipinski definition) is 4. The van der Waals surface area contributed by atoms with E-state index in [0.717, 1.165) is 17.0 Å². The van der Waals surface area contributed by atoms with Crippen molar-refractivity contribution in [2.45, 2.75) is 38.8 Å². The molecule has 3 aromatic rings. The maximum atomic E-state index is 9.52. The van der Waals surface area contributed by atoms with Gasteiger partial charge in [0, 0.05) is 24.8 Å². The molecule has 0 saturated heterocycles. The number of rotatable bonds is 9. The second kappa shape index (κ2) is 8.83. The Hall–Kier alpha value is -2.64. The van der Waals surface area contributed by atoms with Crippen LogP contribution in [0.25, 0.3) is 5.65 Å². The summed E-state index contributed by atoms with van der Waals surface area (Å²) in [7, 11) is 0. The van der Waals surface area contributed by atoms with Crippen molar-refractivity contribution in [2.24, 2.45) is 0 Å². The fourth-order valence-electron chi connectivity index (χ4n) is 2.95. The zero-order chi connectivity index (χ0) is 19.2. The number of aliphatic hydroxyl groups excluding tert-OH is 2. The second-order valence-corrected chi connectivity index (χ2v) is 6.89. The number of nitrogens with zero attached hydrogens (tertiary/aromatic N) is 3. The number of hydrogen-bond acceptors (Lipinski definition) is 6. The molecule has 0 aliphatic heterocycles. The van der Waals surface area contributed by atoms with Crippen LogP contribution in [0.2, 0.25) is 0 Å². The molecular weight excluding hydrogens is 342 g/mol. The molecule has 27 heavy (non-hydrogen) atoms. The van der Waals surface area contributed by atoms with Crippen LogP contribution >= 0.6 is 0 Å². The summed E-state index contributed by atoms with van der Waals surface area (Å²) in [6.07, 6.45) is 2.30. The van der Waals surface area contributed by atoms with E-state index in [1.54, 1.807) is 0 Å². The normalized spacial score (nSPS) is 12.5. The van der Waals surface area contributed by atoms with Crippen molar-refractivity contribution < 1.29 is 10.2 Å². The smallest absolute Gasteiger partial charge is 0.163 e. The lowest BCUT2D eigenvalue weighted by molar-refractivity contribution is 0.228. The number of nitrogens with one attached hydrogen (secondary N) is 2. The summed E-state index contributed by atoms with van der Waals surface area (Å²) in [6, 6.07) is 11.8. The van der Waals surface area contributed by atoms with Gasteiger partial charge < -0.3 is 20.8 Å². The van der Waals surface area contributed by atoms with E-state index in [0.29, 0.717) is 24.7 Å². The first-order valence-electron chi connectivity index (χ1n) is 9.27. The predicted octanol–water partition coefficient (Wildman–Crippen LogP) is 2.62. The second-order valence-electron chi connectivity index (χ2n) is 6.89. The van der Waals surface area contributed by atoms with E-state index in [9.17, 15) is 5.11 Å². The van der Waals surface area contributed by atoms with Crippen molar-refractivity contribution in [1.29, 1.82) is 0 Å². The van der Waals surface area contributed by atoms with Crippen molar-refractivity contribution in [1.82, 2.24) is 14.6 Å². The van der Waals surface area contributed by atoms with E-state index in [-0.39, 0.29) is 19.3 Å². The standard InChI is InChI=1S/C20H27N5O2/c1-14(2)17-12-22-25-19(21-11-15-6-4-3-5-7-15)10-18(24-20(17)25)23-16(13-27)8-9-26/h3-7,10,12,14,16,21,26-27H,8-9,11,13H2,1-2H3,(H,23,24)/t16-/m0/s1. The lowest BCUT2D eigenvalue weighted by Crippen LogP contribution is -2.25. The molecule has 1 aromatic carbocycles. The van der Waals surface area contributed by atoms with Crippen LogP contribution in [0.4, 0.5) is 11.6 Å². The van der Waals surface area contributed by atoms with Crippen molar-refractivity contribution >= 4 is 17.3 Å². The van der Waals surface area contributed by atoms with E-state index < -0.39 is 0 Å². The van der Waals surface area contributed by atoms with Gasteiger partial charge in [-0.1, -0.05) is 44.2 Å². The minimum absolute atomic E-state index is 0.00348. The first kappa shape index (κ1) is 19.1. The summed E-state index contributed by atoms with van der Waals surface area (Å²) >= 11 is 0. The molecule has 1 atom stereocenters. The fraction of sp³-hybridized carbons (Fsp3) is 0.400. The maximum absolute atomic E-state index is 9.52. The molecule has 7 nitrogen and oxygen atoms in total. The van der Waals surface area contributed by atoms with Crippen molar-refractivity contribution in [2.75, 3.05) is 23.8 Å². The molecule has 0 fully saturated rings. The quantitative estimate of drug-likeness (QED) is 0.463. The summed E-state index contributed by atoms with van der Waals surface area (Å²) in [6.45, 7) is 4.81. The third-order valence-corrected chi connectivity index (χ3v) is 4.49. The Morgan fingerprint density at radius 1 is 1.15 bits per heavy atom. The maximum Gasteiger partial charge on any atom is 0.163 e. The topological polar surface area (TPSA) is 94.7 Å². The highest BCUT2D eigenvalue weighted by atomic mass is 16.3. The summed E-state index contributed by atoms with van der Waals surface area (Å²) in [5, 5.41) is 29.8. The monoisotopic (exact) mass is 369 g/mol. The Kier molecular flexibility index (Phi) is 6.26. The minimum Gasteiger partial charge on any atom is -0.396 e. The zero-order valence-corrected chi connectivity index (χ0v) is 15.8. The van der Waals surface area contributed by atoms with Gasteiger partial charge in [-0.3, -0.25) is 0 Å². The molecule has 144 valence electrons. The highest BCUT2D eigenvalue weighted by molar-refractivity contribution is 5.61. The molecule has 0 aliphatic rings. The lowest BCUT2D eigenvalue weighted by Gasteiger charge is -2.18. The summed E-state index contributed by atoms with van der Waals surface area (Å²) < 4.78 is 1.81. The number of fused-ring (bicyclic) bond motifs is 1. The third kappa shape index (κ3) is 4.56. The molecule has 0 saturated carbocycles. The summed E-state index contributed by atoms with van der Waals surface area (Å²) in [5.41, 5.74) is 3.01. The molecule has 0 spiro atoms. The Morgan fingerprint density at radius 3 is 2.59 bits per heavy atom. The van der Waals surface area contributed by atoms with E-state index in [1.807, 2.05) is 35.0 Å². The minimum atomic E-state index is -0.252.